The van der Waals surface area contributed by atoms with Gasteiger partial charge < -0.3 is 9.84 Å². The molecule has 86 valence electrons. The second-order valence-electron chi connectivity index (χ2n) is 4.94. The highest BCUT2D eigenvalue weighted by atomic mass is 16.5. The van der Waals surface area contributed by atoms with Gasteiger partial charge in [-0.15, -0.1) is 0 Å². The quantitative estimate of drug-likeness (QED) is 0.851. The van der Waals surface area contributed by atoms with Gasteiger partial charge in [0.1, 0.15) is 11.9 Å². The third-order valence-electron chi connectivity index (χ3n) is 3.03. The Kier molecular flexibility index (Phi) is 2.62. The van der Waals surface area contributed by atoms with Gasteiger partial charge in [-0.2, -0.15) is 0 Å². The lowest BCUT2D eigenvalue weighted by Gasteiger charge is -2.22. The van der Waals surface area contributed by atoms with Gasteiger partial charge in [-0.1, -0.05) is 18.2 Å². The lowest BCUT2D eigenvalue weighted by molar-refractivity contribution is -0.148. The van der Waals surface area contributed by atoms with Crippen molar-refractivity contribution in [1.29, 1.82) is 0 Å². The van der Waals surface area contributed by atoms with Gasteiger partial charge >= 0.3 is 5.97 Å². The van der Waals surface area contributed by atoms with Crippen molar-refractivity contribution in [2.75, 3.05) is 0 Å². The Balaban J connectivity index is 2.05. The molecule has 1 unspecified atom stereocenters. The first-order chi connectivity index (χ1) is 7.49. The first kappa shape index (κ1) is 11.0. The van der Waals surface area contributed by atoms with E-state index in [0.29, 0.717) is 6.42 Å². The minimum Gasteiger partial charge on any atom is -0.490 e. The van der Waals surface area contributed by atoms with Crippen LogP contribution in [0.5, 0.6) is 5.75 Å². The Hall–Kier alpha value is -1.51. The van der Waals surface area contributed by atoms with Crippen LogP contribution in [0.3, 0.4) is 0 Å². The van der Waals surface area contributed by atoms with E-state index in [4.69, 9.17) is 9.84 Å². The summed E-state index contributed by atoms with van der Waals surface area (Å²) < 4.78 is 5.73. The van der Waals surface area contributed by atoms with Gasteiger partial charge in [0.05, 0.1) is 5.41 Å². The second kappa shape index (κ2) is 3.81. The van der Waals surface area contributed by atoms with E-state index in [9.17, 15) is 4.79 Å². The van der Waals surface area contributed by atoms with E-state index in [-0.39, 0.29) is 6.10 Å². The number of carboxylic acids is 1. The number of ether oxygens (including phenoxy) is 1. The molecule has 1 N–H and O–H groups in total. The summed E-state index contributed by atoms with van der Waals surface area (Å²) in [7, 11) is 0. The van der Waals surface area contributed by atoms with Gasteiger partial charge in [-0.05, 0) is 25.5 Å². The van der Waals surface area contributed by atoms with Crippen LogP contribution in [0, 0.1) is 5.41 Å². The zero-order chi connectivity index (χ0) is 11.8. The van der Waals surface area contributed by atoms with E-state index in [1.54, 1.807) is 13.8 Å². The molecular formula is C13H16O3. The molecule has 0 amide bonds. The summed E-state index contributed by atoms with van der Waals surface area (Å²) in [6.45, 7) is 3.48. The number of carbonyl (C=O) groups is 1. The smallest absolute Gasteiger partial charge is 0.309 e. The zero-order valence-corrected chi connectivity index (χ0v) is 9.56. The van der Waals surface area contributed by atoms with Crippen molar-refractivity contribution in [2.24, 2.45) is 5.41 Å². The molecule has 0 fully saturated rings. The molecule has 0 spiro atoms. The molecule has 0 aromatic heterocycles. The molecular weight excluding hydrogens is 204 g/mol. The van der Waals surface area contributed by atoms with Crippen molar-refractivity contribution in [1.82, 2.24) is 0 Å². The fraction of sp³-hybridized carbons (Fsp3) is 0.462. The first-order valence-corrected chi connectivity index (χ1v) is 5.47. The highest BCUT2D eigenvalue weighted by Crippen LogP contribution is 2.34. The molecule has 16 heavy (non-hydrogen) atoms. The topological polar surface area (TPSA) is 46.5 Å². The molecule has 1 aliphatic heterocycles. The number of benzene rings is 1. The molecule has 3 nitrogen and oxygen atoms in total. The summed E-state index contributed by atoms with van der Waals surface area (Å²) >= 11 is 0. The maximum atomic E-state index is 11.0. The van der Waals surface area contributed by atoms with E-state index in [0.717, 1.165) is 12.2 Å². The lowest BCUT2D eigenvalue weighted by atomic mass is 9.86. The number of rotatable bonds is 3. The Morgan fingerprint density at radius 2 is 2.19 bits per heavy atom. The summed E-state index contributed by atoms with van der Waals surface area (Å²) in [6.07, 6.45) is 1.34. The number of hydrogen-bond acceptors (Lipinski definition) is 2. The molecule has 1 heterocycles. The highest BCUT2D eigenvalue weighted by molar-refractivity contribution is 5.73. The van der Waals surface area contributed by atoms with Gasteiger partial charge in [0.2, 0.25) is 0 Å². The average molecular weight is 220 g/mol. The maximum absolute atomic E-state index is 11.0. The van der Waals surface area contributed by atoms with Gasteiger partial charge in [0, 0.05) is 12.8 Å². The Morgan fingerprint density at radius 3 is 2.81 bits per heavy atom. The summed E-state index contributed by atoms with van der Waals surface area (Å²) in [4.78, 5) is 11.0. The molecule has 0 saturated heterocycles. The lowest BCUT2D eigenvalue weighted by Crippen LogP contribution is -2.30. The van der Waals surface area contributed by atoms with Crippen molar-refractivity contribution in [3.05, 3.63) is 29.8 Å². The van der Waals surface area contributed by atoms with Crippen LogP contribution >= 0.6 is 0 Å². The van der Waals surface area contributed by atoms with Crippen LogP contribution in [0.25, 0.3) is 0 Å². The van der Waals surface area contributed by atoms with E-state index in [1.807, 2.05) is 24.3 Å². The van der Waals surface area contributed by atoms with Crippen LogP contribution in [-0.4, -0.2) is 17.2 Å². The van der Waals surface area contributed by atoms with Crippen LogP contribution in [0.4, 0.5) is 0 Å². The van der Waals surface area contributed by atoms with Crippen molar-refractivity contribution in [3.8, 4) is 5.75 Å². The minimum atomic E-state index is -0.771. The van der Waals surface area contributed by atoms with Crippen LogP contribution < -0.4 is 4.74 Å². The summed E-state index contributed by atoms with van der Waals surface area (Å²) in [6, 6.07) is 7.88. The Bertz CT molecular complexity index is 384. The number of carboxylic acid groups (broad SMARTS) is 1. The third kappa shape index (κ3) is 2.03. The molecule has 0 aliphatic carbocycles. The minimum absolute atomic E-state index is 0.0106. The SMILES string of the molecule is CC(C)(CC1Cc2ccccc2O1)C(=O)O. The van der Waals surface area contributed by atoms with Gasteiger partial charge in [-0.3, -0.25) is 4.79 Å². The number of aliphatic carboxylic acids is 1. The molecule has 1 aliphatic rings. The van der Waals surface area contributed by atoms with Crippen molar-refractivity contribution >= 4 is 5.97 Å². The standard InChI is InChI=1S/C13H16O3/c1-13(2,12(14)15)8-10-7-9-5-3-4-6-11(9)16-10/h3-6,10H,7-8H2,1-2H3,(H,14,15). The normalized spacial score (nSPS) is 19.0. The molecule has 3 heteroatoms. The van der Waals surface area contributed by atoms with Crippen molar-refractivity contribution < 1.29 is 14.6 Å². The molecule has 0 bridgehead atoms. The van der Waals surface area contributed by atoms with E-state index < -0.39 is 11.4 Å². The fourth-order valence-electron chi connectivity index (χ4n) is 2.02. The Labute approximate surface area is 95.0 Å². The number of para-hydroxylation sites is 1. The van der Waals surface area contributed by atoms with E-state index in [1.165, 1.54) is 5.56 Å². The zero-order valence-electron chi connectivity index (χ0n) is 9.56. The van der Waals surface area contributed by atoms with Crippen LogP contribution in [-0.2, 0) is 11.2 Å². The van der Waals surface area contributed by atoms with Gasteiger partial charge in [0.15, 0.2) is 0 Å². The second-order valence-corrected chi connectivity index (χ2v) is 4.94. The third-order valence-corrected chi connectivity index (χ3v) is 3.03. The Morgan fingerprint density at radius 1 is 1.50 bits per heavy atom. The van der Waals surface area contributed by atoms with Crippen molar-refractivity contribution in [3.63, 3.8) is 0 Å². The molecule has 2 rings (SSSR count). The predicted molar refractivity (Wildman–Crippen MR) is 60.6 cm³/mol. The van der Waals surface area contributed by atoms with E-state index >= 15 is 0 Å². The predicted octanol–water partition coefficient (Wildman–Crippen LogP) is 2.49. The summed E-state index contributed by atoms with van der Waals surface area (Å²) in [5.74, 6) is 0.126. The average Bonchev–Trinajstić information content (AvgIpc) is 2.58. The van der Waals surface area contributed by atoms with Gasteiger partial charge in [0.25, 0.3) is 0 Å². The maximum Gasteiger partial charge on any atom is 0.309 e. The molecule has 1 aromatic carbocycles. The number of hydrogen-bond donors (Lipinski definition) is 1. The molecule has 0 saturated carbocycles. The first-order valence-electron chi connectivity index (χ1n) is 5.47. The fourth-order valence-corrected chi connectivity index (χ4v) is 2.02. The van der Waals surface area contributed by atoms with E-state index in [2.05, 4.69) is 0 Å². The highest BCUT2D eigenvalue weighted by Gasteiger charge is 2.34. The largest absolute Gasteiger partial charge is 0.490 e. The molecule has 0 radical (unpaired) electrons. The number of fused-ring (bicyclic) bond motifs is 1. The van der Waals surface area contributed by atoms with Gasteiger partial charge in [-0.25, -0.2) is 0 Å². The summed E-state index contributed by atoms with van der Waals surface area (Å²) in [5, 5.41) is 9.06. The monoisotopic (exact) mass is 220 g/mol. The van der Waals surface area contributed by atoms with Crippen molar-refractivity contribution in [2.45, 2.75) is 32.8 Å². The van der Waals surface area contributed by atoms with Crippen LogP contribution in [0.1, 0.15) is 25.8 Å². The molecule has 1 atom stereocenters. The summed E-state index contributed by atoms with van der Waals surface area (Å²) in [5.41, 5.74) is 0.445. The van der Waals surface area contributed by atoms with Crippen LogP contribution in [0.2, 0.25) is 0 Å². The van der Waals surface area contributed by atoms with Crippen LogP contribution in [0.15, 0.2) is 24.3 Å². The molecule has 1 aromatic rings.